The van der Waals surface area contributed by atoms with E-state index in [1.54, 1.807) is 6.92 Å². The highest BCUT2D eigenvalue weighted by Gasteiger charge is 2.04. The van der Waals surface area contributed by atoms with Crippen molar-refractivity contribution in [1.82, 2.24) is 5.32 Å². The summed E-state index contributed by atoms with van der Waals surface area (Å²) in [5.74, 6) is 1.13. The molecule has 2 atom stereocenters. The van der Waals surface area contributed by atoms with Gasteiger partial charge in [-0.3, -0.25) is 0 Å². The molecule has 0 amide bonds. The van der Waals surface area contributed by atoms with Crippen LogP contribution in [0.5, 0.6) is 0 Å². The summed E-state index contributed by atoms with van der Waals surface area (Å²) in [6, 6.07) is 0.555. The monoisotopic (exact) mass is 177 g/mol. The fourth-order valence-corrected chi connectivity index (χ4v) is 1.62. The molecule has 0 aromatic heterocycles. The van der Waals surface area contributed by atoms with Crippen molar-refractivity contribution in [2.75, 3.05) is 18.6 Å². The first-order valence-corrected chi connectivity index (χ1v) is 5.50. The lowest BCUT2D eigenvalue weighted by Gasteiger charge is -2.16. The summed E-state index contributed by atoms with van der Waals surface area (Å²) >= 11 is 1.84. The van der Waals surface area contributed by atoms with Crippen LogP contribution < -0.4 is 5.32 Å². The van der Waals surface area contributed by atoms with E-state index in [1.165, 1.54) is 0 Å². The lowest BCUT2D eigenvalue weighted by molar-refractivity contribution is 0.187. The maximum Gasteiger partial charge on any atom is 0.0636 e. The van der Waals surface area contributed by atoms with E-state index in [2.05, 4.69) is 18.5 Å². The normalized spacial score (nSPS) is 16.4. The van der Waals surface area contributed by atoms with E-state index in [0.29, 0.717) is 12.6 Å². The molecule has 0 aromatic carbocycles. The molecule has 0 saturated heterocycles. The number of hydrogen-bond acceptors (Lipinski definition) is 3. The van der Waals surface area contributed by atoms with Crippen molar-refractivity contribution in [3.8, 4) is 0 Å². The molecule has 0 radical (unpaired) electrons. The summed E-state index contributed by atoms with van der Waals surface area (Å²) in [7, 11) is 0. The van der Waals surface area contributed by atoms with Gasteiger partial charge in [-0.1, -0.05) is 6.92 Å². The summed E-state index contributed by atoms with van der Waals surface area (Å²) in [6.45, 7) is 4.67. The number of nitrogens with one attached hydrogen (secondary N) is 1. The van der Waals surface area contributed by atoms with Gasteiger partial charge < -0.3 is 10.4 Å². The first-order chi connectivity index (χ1) is 5.20. The number of aliphatic hydroxyl groups excluding tert-OH is 1. The molecular formula is C8H19NOS. The third-order valence-electron chi connectivity index (χ3n) is 1.56. The van der Waals surface area contributed by atoms with Gasteiger partial charge in [-0.2, -0.15) is 11.8 Å². The molecule has 0 rings (SSSR count). The Labute approximate surface area is 73.8 Å². The zero-order valence-electron chi connectivity index (χ0n) is 7.63. The van der Waals surface area contributed by atoms with Gasteiger partial charge in [0, 0.05) is 18.3 Å². The predicted octanol–water partition coefficient (Wildman–Crippen LogP) is 1.10. The van der Waals surface area contributed by atoms with Gasteiger partial charge in [-0.05, 0) is 19.6 Å². The van der Waals surface area contributed by atoms with Gasteiger partial charge in [-0.15, -0.1) is 0 Å². The highest BCUT2D eigenvalue weighted by Crippen LogP contribution is 2.00. The van der Waals surface area contributed by atoms with Crippen molar-refractivity contribution in [3.63, 3.8) is 0 Å². The molecule has 0 aromatic rings. The van der Waals surface area contributed by atoms with Crippen LogP contribution in [0.15, 0.2) is 0 Å². The Morgan fingerprint density at radius 2 is 2.18 bits per heavy atom. The smallest absolute Gasteiger partial charge is 0.0636 e. The summed E-state index contributed by atoms with van der Waals surface area (Å²) < 4.78 is 0. The third-order valence-corrected chi connectivity index (χ3v) is 2.30. The molecule has 0 fully saturated rings. The molecule has 0 aliphatic heterocycles. The zero-order valence-corrected chi connectivity index (χ0v) is 8.45. The average Bonchev–Trinajstić information content (AvgIpc) is 1.97. The van der Waals surface area contributed by atoms with Gasteiger partial charge in [0.1, 0.15) is 0 Å². The van der Waals surface area contributed by atoms with E-state index in [1.807, 2.05) is 11.8 Å². The zero-order chi connectivity index (χ0) is 8.69. The second kappa shape index (κ2) is 6.95. The van der Waals surface area contributed by atoms with Crippen LogP contribution in [0, 0.1) is 0 Å². The quantitative estimate of drug-likeness (QED) is 0.637. The topological polar surface area (TPSA) is 32.3 Å². The van der Waals surface area contributed by atoms with Crippen LogP contribution in [0.2, 0.25) is 0 Å². The number of hydrogen-bond donors (Lipinski definition) is 2. The molecule has 0 aliphatic carbocycles. The molecule has 68 valence electrons. The predicted molar refractivity (Wildman–Crippen MR) is 52.1 cm³/mol. The number of thioether (sulfide) groups is 1. The Balaban J connectivity index is 3.35. The Bertz CT molecular complexity index is 88.2. The highest BCUT2D eigenvalue weighted by molar-refractivity contribution is 7.98. The van der Waals surface area contributed by atoms with Crippen molar-refractivity contribution in [2.45, 2.75) is 32.4 Å². The fraction of sp³-hybridized carbons (Fsp3) is 1.00. The second-order valence-electron chi connectivity index (χ2n) is 2.82. The Morgan fingerprint density at radius 1 is 1.55 bits per heavy atom. The minimum absolute atomic E-state index is 0.231. The van der Waals surface area contributed by atoms with Crippen LogP contribution in [0.25, 0.3) is 0 Å². The molecule has 0 spiro atoms. The largest absolute Gasteiger partial charge is 0.392 e. The molecule has 3 heteroatoms. The Hall–Kier alpha value is 0.270. The molecule has 2 unspecified atom stereocenters. The van der Waals surface area contributed by atoms with Gasteiger partial charge in [0.15, 0.2) is 0 Å². The molecule has 0 heterocycles. The summed E-state index contributed by atoms with van der Waals surface area (Å²) in [6.07, 6.45) is 3.01. The first-order valence-electron chi connectivity index (χ1n) is 4.11. The number of aliphatic hydroxyl groups is 1. The fourth-order valence-electron chi connectivity index (χ4n) is 0.860. The van der Waals surface area contributed by atoms with Gasteiger partial charge in [0.05, 0.1) is 6.10 Å². The van der Waals surface area contributed by atoms with Crippen LogP contribution >= 0.6 is 11.8 Å². The lowest BCUT2D eigenvalue weighted by Crippen LogP contribution is -2.35. The molecular weight excluding hydrogens is 158 g/mol. The Kier molecular flexibility index (Phi) is 7.12. The standard InChI is InChI=1S/C8H19NOS/c1-4-8(6-11-3)9-5-7(2)10/h7-10H,4-6H2,1-3H3. The van der Waals surface area contributed by atoms with Crippen LogP contribution in [0.1, 0.15) is 20.3 Å². The first kappa shape index (κ1) is 11.3. The van der Waals surface area contributed by atoms with E-state index < -0.39 is 0 Å². The maximum absolute atomic E-state index is 9.00. The molecule has 0 aliphatic rings. The van der Waals surface area contributed by atoms with Crippen LogP contribution in [0.3, 0.4) is 0 Å². The van der Waals surface area contributed by atoms with E-state index in [0.717, 1.165) is 12.2 Å². The van der Waals surface area contributed by atoms with Crippen molar-refractivity contribution in [3.05, 3.63) is 0 Å². The molecule has 11 heavy (non-hydrogen) atoms. The lowest BCUT2D eigenvalue weighted by atomic mass is 10.2. The van der Waals surface area contributed by atoms with Crippen LogP contribution in [-0.2, 0) is 0 Å². The molecule has 0 bridgehead atoms. The van der Waals surface area contributed by atoms with E-state index in [9.17, 15) is 0 Å². The number of rotatable bonds is 6. The van der Waals surface area contributed by atoms with Gasteiger partial charge in [0.2, 0.25) is 0 Å². The second-order valence-corrected chi connectivity index (χ2v) is 3.73. The van der Waals surface area contributed by atoms with Crippen molar-refractivity contribution in [2.24, 2.45) is 0 Å². The third kappa shape index (κ3) is 6.66. The summed E-state index contributed by atoms with van der Waals surface area (Å²) in [5, 5.41) is 12.3. The van der Waals surface area contributed by atoms with Crippen LogP contribution in [-0.4, -0.2) is 35.8 Å². The van der Waals surface area contributed by atoms with Gasteiger partial charge >= 0.3 is 0 Å². The van der Waals surface area contributed by atoms with E-state index >= 15 is 0 Å². The molecule has 2 N–H and O–H groups in total. The Morgan fingerprint density at radius 3 is 2.55 bits per heavy atom. The molecule has 0 saturated carbocycles. The van der Waals surface area contributed by atoms with Crippen molar-refractivity contribution >= 4 is 11.8 Å². The maximum atomic E-state index is 9.00. The van der Waals surface area contributed by atoms with E-state index in [4.69, 9.17) is 5.11 Å². The van der Waals surface area contributed by atoms with Crippen molar-refractivity contribution in [1.29, 1.82) is 0 Å². The average molecular weight is 177 g/mol. The van der Waals surface area contributed by atoms with Gasteiger partial charge in [-0.25, -0.2) is 0 Å². The highest BCUT2D eigenvalue weighted by atomic mass is 32.2. The van der Waals surface area contributed by atoms with Crippen molar-refractivity contribution < 1.29 is 5.11 Å². The minimum atomic E-state index is -0.231. The minimum Gasteiger partial charge on any atom is -0.392 e. The van der Waals surface area contributed by atoms with E-state index in [-0.39, 0.29) is 6.10 Å². The molecule has 2 nitrogen and oxygen atoms in total. The summed E-state index contributed by atoms with van der Waals surface area (Å²) in [5.41, 5.74) is 0. The van der Waals surface area contributed by atoms with Crippen LogP contribution in [0.4, 0.5) is 0 Å². The van der Waals surface area contributed by atoms with Gasteiger partial charge in [0.25, 0.3) is 0 Å². The SMILES string of the molecule is CCC(CSC)NCC(C)O. The summed E-state index contributed by atoms with van der Waals surface area (Å²) in [4.78, 5) is 0.